The van der Waals surface area contributed by atoms with E-state index < -0.39 is 0 Å². The molecule has 1 fully saturated rings. The van der Waals surface area contributed by atoms with E-state index in [0.717, 1.165) is 30.5 Å². The lowest BCUT2D eigenvalue weighted by molar-refractivity contribution is 0.277. The van der Waals surface area contributed by atoms with E-state index in [4.69, 9.17) is 9.41 Å². The molecule has 158 valence electrons. The van der Waals surface area contributed by atoms with Crippen LogP contribution in [0.25, 0.3) is 0 Å². The van der Waals surface area contributed by atoms with E-state index in [-0.39, 0.29) is 0 Å². The van der Waals surface area contributed by atoms with Gasteiger partial charge in [-0.15, -0.1) is 0 Å². The van der Waals surface area contributed by atoms with Crippen molar-refractivity contribution in [1.29, 1.82) is 0 Å². The topological polar surface area (TPSA) is 65.7 Å². The number of aliphatic imine (C=N–C) groups is 1. The molecule has 0 atom stereocenters. The maximum Gasteiger partial charge on any atom is 0.214 e. The Morgan fingerprint density at radius 2 is 1.86 bits per heavy atom. The summed E-state index contributed by atoms with van der Waals surface area (Å²) in [5, 5.41) is 6.60. The molecule has 2 N–H and O–H groups in total. The standard InChI is InChI=1S/C23H35N5O/c1-4-24-23(26-16-22-27-18(2)19(3)29-22)25-15-20-10-9-11-21(14-20)17-28-12-7-5-6-8-13-28/h9-11,14H,4-8,12-13,15-17H2,1-3H3,(H2,24,25,26). The number of guanidine groups is 1. The van der Waals surface area contributed by atoms with Gasteiger partial charge >= 0.3 is 0 Å². The van der Waals surface area contributed by atoms with E-state index >= 15 is 0 Å². The summed E-state index contributed by atoms with van der Waals surface area (Å²) in [4.78, 5) is 11.7. The zero-order chi connectivity index (χ0) is 20.5. The lowest BCUT2D eigenvalue weighted by Gasteiger charge is -2.20. The van der Waals surface area contributed by atoms with Gasteiger partial charge in [-0.3, -0.25) is 4.90 Å². The number of aromatic nitrogens is 1. The monoisotopic (exact) mass is 397 g/mol. The van der Waals surface area contributed by atoms with Crippen LogP contribution in [0.5, 0.6) is 0 Å². The fraction of sp³-hybridized carbons (Fsp3) is 0.565. The molecular weight excluding hydrogens is 362 g/mol. The third kappa shape index (κ3) is 6.89. The molecule has 0 bridgehead atoms. The van der Waals surface area contributed by atoms with Gasteiger partial charge in [0.15, 0.2) is 5.96 Å². The van der Waals surface area contributed by atoms with Gasteiger partial charge in [0, 0.05) is 13.1 Å². The van der Waals surface area contributed by atoms with Gasteiger partial charge in [-0.05, 0) is 57.8 Å². The van der Waals surface area contributed by atoms with Crippen molar-refractivity contribution in [2.45, 2.75) is 66.1 Å². The number of likely N-dealkylation sites (tertiary alicyclic amines) is 1. The summed E-state index contributed by atoms with van der Waals surface area (Å²) in [7, 11) is 0. The maximum atomic E-state index is 5.64. The molecule has 0 aliphatic carbocycles. The van der Waals surface area contributed by atoms with Crippen LogP contribution in [-0.4, -0.2) is 35.5 Å². The van der Waals surface area contributed by atoms with Crippen LogP contribution in [0, 0.1) is 13.8 Å². The second-order valence-electron chi connectivity index (χ2n) is 7.81. The Hall–Kier alpha value is -2.34. The molecule has 1 saturated heterocycles. The number of nitrogens with one attached hydrogen (secondary N) is 2. The largest absolute Gasteiger partial charge is 0.444 e. The Bertz CT molecular complexity index is 771. The molecule has 2 aromatic rings. The molecule has 6 heteroatoms. The number of benzene rings is 1. The highest BCUT2D eigenvalue weighted by molar-refractivity contribution is 5.79. The molecule has 29 heavy (non-hydrogen) atoms. The SMILES string of the molecule is CCNC(=NCc1cccc(CN2CCCCCC2)c1)NCc1nc(C)c(C)o1. The first-order chi connectivity index (χ1) is 14.1. The minimum absolute atomic E-state index is 0.523. The van der Waals surface area contributed by atoms with E-state index in [1.807, 2.05) is 13.8 Å². The molecule has 1 aliphatic rings. The Morgan fingerprint density at radius 3 is 2.55 bits per heavy atom. The average Bonchev–Trinajstić information content (AvgIpc) is 2.89. The first-order valence-electron chi connectivity index (χ1n) is 10.9. The Morgan fingerprint density at radius 1 is 1.10 bits per heavy atom. The van der Waals surface area contributed by atoms with Gasteiger partial charge in [0.2, 0.25) is 5.89 Å². The Kier molecular flexibility index (Phi) is 8.11. The van der Waals surface area contributed by atoms with Crippen molar-refractivity contribution >= 4 is 5.96 Å². The molecule has 1 aliphatic heterocycles. The minimum Gasteiger partial charge on any atom is -0.444 e. The van der Waals surface area contributed by atoms with Gasteiger partial charge in [0.1, 0.15) is 5.76 Å². The molecule has 0 unspecified atom stereocenters. The summed E-state index contributed by atoms with van der Waals surface area (Å²) in [5.41, 5.74) is 3.55. The van der Waals surface area contributed by atoms with E-state index in [1.165, 1.54) is 49.9 Å². The summed E-state index contributed by atoms with van der Waals surface area (Å²) in [6.07, 6.45) is 5.40. The van der Waals surface area contributed by atoms with Gasteiger partial charge in [0.05, 0.1) is 18.8 Å². The van der Waals surface area contributed by atoms with Crippen molar-refractivity contribution in [2.75, 3.05) is 19.6 Å². The first kappa shape index (κ1) is 21.4. The normalized spacial score (nSPS) is 15.9. The second-order valence-corrected chi connectivity index (χ2v) is 7.81. The molecule has 0 radical (unpaired) electrons. The lowest BCUT2D eigenvalue weighted by Crippen LogP contribution is -2.36. The number of hydrogen-bond acceptors (Lipinski definition) is 4. The first-order valence-corrected chi connectivity index (χ1v) is 10.9. The van der Waals surface area contributed by atoms with Crippen molar-refractivity contribution in [1.82, 2.24) is 20.5 Å². The third-order valence-electron chi connectivity index (χ3n) is 5.34. The van der Waals surface area contributed by atoms with Gasteiger partial charge in [-0.2, -0.15) is 0 Å². The van der Waals surface area contributed by atoms with E-state index in [2.05, 4.69) is 51.7 Å². The van der Waals surface area contributed by atoms with Crippen LogP contribution < -0.4 is 10.6 Å². The van der Waals surface area contributed by atoms with Crippen molar-refractivity contribution in [3.63, 3.8) is 0 Å². The highest BCUT2D eigenvalue weighted by Crippen LogP contribution is 2.15. The van der Waals surface area contributed by atoms with Crippen LogP contribution in [0.4, 0.5) is 0 Å². The minimum atomic E-state index is 0.523. The molecule has 1 aromatic carbocycles. The van der Waals surface area contributed by atoms with Crippen LogP contribution in [0.1, 0.15) is 61.1 Å². The maximum absolute atomic E-state index is 5.64. The van der Waals surface area contributed by atoms with Crippen LogP contribution in [0.2, 0.25) is 0 Å². The molecular formula is C23H35N5O. The highest BCUT2D eigenvalue weighted by atomic mass is 16.4. The fourth-order valence-corrected chi connectivity index (χ4v) is 3.67. The number of hydrogen-bond donors (Lipinski definition) is 2. The average molecular weight is 398 g/mol. The summed E-state index contributed by atoms with van der Waals surface area (Å²) in [6, 6.07) is 8.82. The predicted molar refractivity (Wildman–Crippen MR) is 118 cm³/mol. The Balaban J connectivity index is 1.57. The zero-order valence-corrected chi connectivity index (χ0v) is 18.1. The molecule has 6 nitrogen and oxygen atoms in total. The summed E-state index contributed by atoms with van der Waals surface area (Å²) >= 11 is 0. The van der Waals surface area contributed by atoms with E-state index in [1.54, 1.807) is 0 Å². The van der Waals surface area contributed by atoms with Crippen molar-refractivity contribution in [2.24, 2.45) is 4.99 Å². The zero-order valence-electron chi connectivity index (χ0n) is 18.1. The highest BCUT2D eigenvalue weighted by Gasteiger charge is 2.10. The van der Waals surface area contributed by atoms with Gasteiger partial charge in [-0.25, -0.2) is 9.98 Å². The lowest BCUT2D eigenvalue weighted by atomic mass is 10.1. The summed E-state index contributed by atoms with van der Waals surface area (Å²) in [5.74, 6) is 2.33. The van der Waals surface area contributed by atoms with Crippen molar-refractivity contribution in [3.05, 3.63) is 52.7 Å². The molecule has 1 aromatic heterocycles. The van der Waals surface area contributed by atoms with Crippen molar-refractivity contribution < 1.29 is 4.42 Å². The van der Waals surface area contributed by atoms with Crippen LogP contribution in [-0.2, 0) is 19.6 Å². The number of nitrogens with zero attached hydrogens (tertiary/aromatic N) is 3. The van der Waals surface area contributed by atoms with Gasteiger partial charge < -0.3 is 15.1 Å². The van der Waals surface area contributed by atoms with E-state index in [9.17, 15) is 0 Å². The van der Waals surface area contributed by atoms with Crippen LogP contribution >= 0.6 is 0 Å². The van der Waals surface area contributed by atoms with Gasteiger partial charge in [0.25, 0.3) is 0 Å². The number of oxazole rings is 1. The molecule has 0 spiro atoms. The van der Waals surface area contributed by atoms with Crippen LogP contribution in [0.3, 0.4) is 0 Å². The van der Waals surface area contributed by atoms with Crippen molar-refractivity contribution in [3.8, 4) is 0 Å². The predicted octanol–water partition coefficient (Wildman–Crippen LogP) is 3.92. The number of aryl methyl sites for hydroxylation is 2. The summed E-state index contributed by atoms with van der Waals surface area (Å²) in [6.45, 7) is 11.4. The molecule has 0 amide bonds. The quantitative estimate of drug-likeness (QED) is 0.547. The smallest absolute Gasteiger partial charge is 0.214 e. The Labute approximate surface area is 174 Å². The fourth-order valence-electron chi connectivity index (χ4n) is 3.67. The van der Waals surface area contributed by atoms with Gasteiger partial charge in [-0.1, -0.05) is 37.1 Å². The molecule has 2 heterocycles. The summed E-state index contributed by atoms with van der Waals surface area (Å²) < 4.78 is 5.64. The molecule has 3 rings (SSSR count). The van der Waals surface area contributed by atoms with E-state index in [0.29, 0.717) is 19.0 Å². The van der Waals surface area contributed by atoms with Crippen LogP contribution in [0.15, 0.2) is 33.7 Å². The third-order valence-corrected chi connectivity index (χ3v) is 5.34. The molecule has 0 saturated carbocycles. The second kappa shape index (κ2) is 11.0. The number of rotatable bonds is 7.